The van der Waals surface area contributed by atoms with E-state index in [1.807, 2.05) is 6.07 Å². The topological polar surface area (TPSA) is 74.6 Å². The van der Waals surface area contributed by atoms with Crippen LogP contribution in [0.1, 0.15) is 20.7 Å². The fourth-order valence-electron chi connectivity index (χ4n) is 1.77. The van der Waals surface area contributed by atoms with Crippen molar-refractivity contribution < 1.29 is 19.8 Å². The van der Waals surface area contributed by atoms with E-state index in [0.29, 0.717) is 11.1 Å². The Kier molecular flexibility index (Phi) is 3.66. The molecule has 0 heterocycles. The number of rotatable bonds is 3. The number of hydrogen-bond donors (Lipinski definition) is 2. The van der Waals surface area contributed by atoms with Gasteiger partial charge in [-0.1, -0.05) is 40.2 Å². The first kappa shape index (κ1) is 13.3. The first-order valence-electron chi connectivity index (χ1n) is 5.36. The molecule has 2 rings (SSSR count). The van der Waals surface area contributed by atoms with Crippen LogP contribution in [0.15, 0.2) is 46.9 Å². The summed E-state index contributed by atoms with van der Waals surface area (Å²) in [7, 11) is 0. The molecule has 4 nitrogen and oxygen atoms in total. The molecule has 2 aromatic carbocycles. The minimum absolute atomic E-state index is 0.0354. The van der Waals surface area contributed by atoms with Crippen LogP contribution in [-0.4, -0.2) is 22.2 Å². The van der Waals surface area contributed by atoms with Crippen molar-refractivity contribution in [2.24, 2.45) is 0 Å². The molecular weight excluding hydrogens is 312 g/mol. The molecule has 0 fully saturated rings. The maximum Gasteiger partial charge on any atom is 0.336 e. The molecule has 0 saturated carbocycles. The molecule has 19 heavy (non-hydrogen) atoms. The van der Waals surface area contributed by atoms with Gasteiger partial charge >= 0.3 is 11.9 Å². The summed E-state index contributed by atoms with van der Waals surface area (Å²) in [5.41, 5.74) is 1.10. The summed E-state index contributed by atoms with van der Waals surface area (Å²) in [5, 5.41) is 18.1. The molecule has 0 spiro atoms. The Morgan fingerprint density at radius 3 is 2.16 bits per heavy atom. The highest BCUT2D eigenvalue weighted by Crippen LogP contribution is 2.31. The Balaban J connectivity index is 2.67. The summed E-state index contributed by atoms with van der Waals surface area (Å²) in [4.78, 5) is 22.2. The average Bonchev–Trinajstić information content (AvgIpc) is 2.38. The van der Waals surface area contributed by atoms with Crippen LogP contribution in [0.4, 0.5) is 0 Å². The van der Waals surface area contributed by atoms with Crippen LogP contribution in [0.3, 0.4) is 0 Å². The van der Waals surface area contributed by atoms with E-state index in [4.69, 9.17) is 5.11 Å². The highest BCUT2D eigenvalue weighted by molar-refractivity contribution is 9.10. The fraction of sp³-hybridized carbons (Fsp3) is 0. The van der Waals surface area contributed by atoms with Gasteiger partial charge in [0.1, 0.15) is 0 Å². The zero-order valence-corrected chi connectivity index (χ0v) is 11.2. The van der Waals surface area contributed by atoms with Crippen LogP contribution in [0.25, 0.3) is 11.1 Å². The van der Waals surface area contributed by atoms with Crippen molar-refractivity contribution in [2.45, 2.75) is 0 Å². The molecule has 0 bridgehead atoms. The number of benzene rings is 2. The third-order valence-electron chi connectivity index (χ3n) is 2.66. The van der Waals surface area contributed by atoms with Gasteiger partial charge in [0.2, 0.25) is 0 Å². The predicted octanol–water partition coefficient (Wildman–Crippen LogP) is 3.51. The summed E-state index contributed by atoms with van der Waals surface area (Å²) < 4.78 is 0.751. The Morgan fingerprint density at radius 2 is 1.58 bits per heavy atom. The molecule has 96 valence electrons. The molecule has 0 saturated heterocycles. The molecule has 0 aliphatic carbocycles. The van der Waals surface area contributed by atoms with E-state index in [1.165, 1.54) is 18.2 Å². The summed E-state index contributed by atoms with van der Waals surface area (Å²) in [6.45, 7) is 0. The van der Waals surface area contributed by atoms with E-state index in [-0.39, 0.29) is 11.1 Å². The smallest absolute Gasteiger partial charge is 0.336 e. The molecular formula is C14H9BrO4. The Labute approximate surface area is 117 Å². The standard InChI is InChI=1S/C14H9BrO4/c15-12-4-2-1-3-10(12)9-6-5-8(13(16)17)7-11(9)14(18)19/h1-7H,(H,16,17)(H,18,19). The van der Waals surface area contributed by atoms with Gasteiger partial charge in [0, 0.05) is 4.47 Å². The average molecular weight is 321 g/mol. The second kappa shape index (κ2) is 5.24. The predicted molar refractivity (Wildman–Crippen MR) is 73.5 cm³/mol. The molecule has 0 radical (unpaired) electrons. The van der Waals surface area contributed by atoms with Gasteiger partial charge in [-0.25, -0.2) is 9.59 Å². The first-order valence-corrected chi connectivity index (χ1v) is 6.15. The van der Waals surface area contributed by atoms with Gasteiger partial charge in [-0.05, 0) is 29.3 Å². The van der Waals surface area contributed by atoms with Crippen molar-refractivity contribution in [3.8, 4) is 11.1 Å². The monoisotopic (exact) mass is 320 g/mol. The van der Waals surface area contributed by atoms with E-state index < -0.39 is 11.9 Å². The molecule has 0 unspecified atom stereocenters. The molecule has 0 aromatic heterocycles. The SMILES string of the molecule is O=C(O)c1ccc(-c2ccccc2Br)c(C(=O)O)c1. The molecule has 0 atom stereocenters. The van der Waals surface area contributed by atoms with Gasteiger partial charge in [0.25, 0.3) is 0 Å². The van der Waals surface area contributed by atoms with Crippen molar-refractivity contribution in [3.63, 3.8) is 0 Å². The molecule has 0 amide bonds. The Hall–Kier alpha value is -2.14. The maximum atomic E-state index is 11.3. The number of hydrogen-bond acceptors (Lipinski definition) is 2. The summed E-state index contributed by atoms with van der Waals surface area (Å²) in [6, 6.07) is 11.2. The number of aromatic carboxylic acids is 2. The highest BCUT2D eigenvalue weighted by Gasteiger charge is 2.16. The zero-order valence-electron chi connectivity index (χ0n) is 9.63. The van der Waals surface area contributed by atoms with Gasteiger partial charge in [0.15, 0.2) is 0 Å². The van der Waals surface area contributed by atoms with Crippen LogP contribution in [0.5, 0.6) is 0 Å². The van der Waals surface area contributed by atoms with E-state index in [2.05, 4.69) is 15.9 Å². The quantitative estimate of drug-likeness (QED) is 0.907. The van der Waals surface area contributed by atoms with Gasteiger partial charge in [-0.2, -0.15) is 0 Å². The van der Waals surface area contributed by atoms with Crippen molar-refractivity contribution >= 4 is 27.9 Å². The first-order chi connectivity index (χ1) is 9.00. The number of carbonyl (C=O) groups is 2. The van der Waals surface area contributed by atoms with Crippen LogP contribution < -0.4 is 0 Å². The van der Waals surface area contributed by atoms with Gasteiger partial charge in [-0.3, -0.25) is 0 Å². The van der Waals surface area contributed by atoms with E-state index >= 15 is 0 Å². The third kappa shape index (κ3) is 2.66. The lowest BCUT2D eigenvalue weighted by Gasteiger charge is -2.09. The second-order valence-electron chi connectivity index (χ2n) is 3.85. The van der Waals surface area contributed by atoms with Crippen molar-refractivity contribution in [1.29, 1.82) is 0 Å². The molecule has 0 aliphatic heterocycles. The van der Waals surface area contributed by atoms with Crippen LogP contribution in [-0.2, 0) is 0 Å². The highest BCUT2D eigenvalue weighted by atomic mass is 79.9. The van der Waals surface area contributed by atoms with Crippen molar-refractivity contribution in [2.75, 3.05) is 0 Å². The van der Waals surface area contributed by atoms with Gasteiger partial charge in [-0.15, -0.1) is 0 Å². The van der Waals surface area contributed by atoms with Gasteiger partial charge < -0.3 is 10.2 Å². The summed E-state index contributed by atoms with van der Waals surface area (Å²) in [6.07, 6.45) is 0. The van der Waals surface area contributed by atoms with Crippen molar-refractivity contribution in [3.05, 3.63) is 58.1 Å². The van der Waals surface area contributed by atoms with E-state index in [1.54, 1.807) is 18.2 Å². The Bertz CT molecular complexity index is 664. The number of carboxylic acids is 2. The summed E-state index contributed by atoms with van der Waals surface area (Å²) in [5.74, 6) is -2.31. The minimum Gasteiger partial charge on any atom is -0.478 e. The molecule has 5 heteroatoms. The normalized spacial score (nSPS) is 10.2. The van der Waals surface area contributed by atoms with Gasteiger partial charge in [0.05, 0.1) is 11.1 Å². The van der Waals surface area contributed by atoms with E-state index in [9.17, 15) is 14.7 Å². The lowest BCUT2D eigenvalue weighted by molar-refractivity contribution is 0.0696. The summed E-state index contributed by atoms with van der Waals surface area (Å²) >= 11 is 3.35. The lowest BCUT2D eigenvalue weighted by atomic mass is 9.97. The zero-order chi connectivity index (χ0) is 14.0. The van der Waals surface area contributed by atoms with Crippen LogP contribution in [0, 0.1) is 0 Å². The molecule has 0 aliphatic rings. The molecule has 2 N–H and O–H groups in total. The maximum absolute atomic E-state index is 11.3. The second-order valence-corrected chi connectivity index (χ2v) is 4.70. The number of halogens is 1. The molecule has 2 aromatic rings. The Morgan fingerprint density at radius 1 is 0.895 bits per heavy atom. The number of carboxylic acid groups (broad SMARTS) is 2. The van der Waals surface area contributed by atoms with Crippen LogP contribution >= 0.6 is 15.9 Å². The van der Waals surface area contributed by atoms with Crippen LogP contribution in [0.2, 0.25) is 0 Å². The van der Waals surface area contributed by atoms with Crippen molar-refractivity contribution in [1.82, 2.24) is 0 Å². The fourth-order valence-corrected chi connectivity index (χ4v) is 2.27. The largest absolute Gasteiger partial charge is 0.478 e. The lowest BCUT2D eigenvalue weighted by Crippen LogP contribution is -2.04. The van der Waals surface area contributed by atoms with E-state index in [0.717, 1.165) is 4.47 Å². The third-order valence-corrected chi connectivity index (χ3v) is 3.35. The minimum atomic E-state index is -1.16.